The summed E-state index contributed by atoms with van der Waals surface area (Å²) in [6, 6.07) is 3.72. The molecule has 18 heavy (non-hydrogen) atoms. The van der Waals surface area contributed by atoms with Gasteiger partial charge in [-0.2, -0.15) is 13.2 Å². The summed E-state index contributed by atoms with van der Waals surface area (Å²) in [4.78, 5) is 4.45. The van der Waals surface area contributed by atoms with Crippen LogP contribution in [0.1, 0.15) is 22.0 Å². The van der Waals surface area contributed by atoms with Gasteiger partial charge in [-0.25, -0.2) is 5.43 Å². The van der Waals surface area contributed by atoms with E-state index in [0.717, 1.165) is 12.3 Å². The Morgan fingerprint density at radius 1 is 1.33 bits per heavy atom. The van der Waals surface area contributed by atoms with Crippen LogP contribution in [0.2, 0.25) is 0 Å². The van der Waals surface area contributed by atoms with Crippen molar-refractivity contribution >= 4 is 11.3 Å². The first-order valence-corrected chi connectivity index (χ1v) is 5.92. The number of halogens is 3. The molecule has 0 amide bonds. The molecule has 3 N–H and O–H groups in total. The van der Waals surface area contributed by atoms with E-state index in [4.69, 9.17) is 5.84 Å². The quantitative estimate of drug-likeness (QED) is 0.668. The summed E-state index contributed by atoms with van der Waals surface area (Å²) in [7, 11) is 0. The van der Waals surface area contributed by atoms with E-state index >= 15 is 0 Å². The van der Waals surface area contributed by atoms with Crippen molar-refractivity contribution in [2.75, 3.05) is 0 Å². The van der Waals surface area contributed by atoms with E-state index < -0.39 is 17.8 Å². The fourth-order valence-electron chi connectivity index (χ4n) is 1.68. The summed E-state index contributed by atoms with van der Waals surface area (Å²) in [5, 5.41) is 1.78. The highest BCUT2D eigenvalue weighted by atomic mass is 32.1. The third-order valence-corrected chi connectivity index (χ3v) is 3.40. The van der Waals surface area contributed by atoms with E-state index in [1.54, 1.807) is 17.5 Å². The van der Waals surface area contributed by atoms with Gasteiger partial charge in [-0.15, -0.1) is 11.3 Å². The van der Waals surface area contributed by atoms with Crippen LogP contribution >= 0.6 is 11.3 Å². The number of aromatic nitrogens is 1. The average molecular weight is 273 g/mol. The lowest BCUT2D eigenvalue weighted by Gasteiger charge is -2.19. The molecule has 1 atom stereocenters. The SMILES string of the molecule is NNC(c1cccs1)c1cnccc1C(F)(F)F. The number of hydrazine groups is 1. The number of nitrogens with one attached hydrogen (secondary N) is 1. The topological polar surface area (TPSA) is 50.9 Å². The Bertz CT molecular complexity index is 511. The van der Waals surface area contributed by atoms with Crippen LogP contribution in [0.5, 0.6) is 0 Å². The zero-order chi connectivity index (χ0) is 13.2. The molecule has 0 aliphatic rings. The highest BCUT2D eigenvalue weighted by molar-refractivity contribution is 7.10. The molecule has 2 aromatic rings. The molecule has 0 aliphatic heterocycles. The van der Waals surface area contributed by atoms with Gasteiger partial charge in [0.1, 0.15) is 0 Å². The first-order valence-electron chi connectivity index (χ1n) is 5.04. The Morgan fingerprint density at radius 2 is 2.11 bits per heavy atom. The van der Waals surface area contributed by atoms with E-state index in [9.17, 15) is 13.2 Å². The lowest BCUT2D eigenvalue weighted by molar-refractivity contribution is -0.138. The van der Waals surface area contributed by atoms with Gasteiger partial charge >= 0.3 is 6.18 Å². The molecule has 0 bridgehead atoms. The van der Waals surface area contributed by atoms with Crippen molar-refractivity contribution in [3.63, 3.8) is 0 Å². The summed E-state index contributed by atoms with van der Waals surface area (Å²) in [5.41, 5.74) is 1.70. The molecule has 0 fully saturated rings. The van der Waals surface area contributed by atoms with Gasteiger partial charge in [-0.3, -0.25) is 10.8 Å². The Kier molecular flexibility index (Phi) is 3.65. The van der Waals surface area contributed by atoms with Crippen molar-refractivity contribution in [1.82, 2.24) is 10.4 Å². The summed E-state index contributed by atoms with van der Waals surface area (Å²) in [5.74, 6) is 5.37. The maximum absolute atomic E-state index is 12.9. The molecule has 0 aromatic carbocycles. The van der Waals surface area contributed by atoms with Crippen molar-refractivity contribution < 1.29 is 13.2 Å². The smallest absolute Gasteiger partial charge is 0.271 e. The molecule has 2 aromatic heterocycles. The van der Waals surface area contributed by atoms with Crippen LogP contribution in [0.25, 0.3) is 0 Å². The average Bonchev–Trinajstić information content (AvgIpc) is 2.83. The second-order valence-electron chi connectivity index (χ2n) is 3.58. The standard InChI is InChI=1S/C11H10F3N3S/c12-11(13,14)8-3-4-16-6-7(8)10(17-15)9-2-1-5-18-9/h1-6,10,17H,15H2. The zero-order valence-electron chi connectivity index (χ0n) is 9.11. The van der Waals surface area contributed by atoms with Crippen molar-refractivity contribution in [2.45, 2.75) is 12.2 Å². The van der Waals surface area contributed by atoms with Crippen LogP contribution in [-0.4, -0.2) is 4.98 Å². The van der Waals surface area contributed by atoms with Gasteiger partial charge < -0.3 is 0 Å². The maximum Gasteiger partial charge on any atom is 0.416 e. The predicted octanol–water partition coefficient (Wildman–Crippen LogP) is 2.71. The molecular weight excluding hydrogens is 263 g/mol. The molecule has 7 heteroatoms. The number of nitrogens with two attached hydrogens (primary N) is 1. The highest BCUT2D eigenvalue weighted by Crippen LogP contribution is 2.36. The van der Waals surface area contributed by atoms with Crippen LogP contribution in [0, 0.1) is 0 Å². The van der Waals surface area contributed by atoms with Crippen molar-refractivity contribution in [2.24, 2.45) is 5.84 Å². The minimum Gasteiger partial charge on any atom is -0.271 e. The molecule has 0 spiro atoms. The van der Waals surface area contributed by atoms with Crippen LogP contribution in [-0.2, 0) is 6.18 Å². The molecule has 2 rings (SSSR count). The number of hydrogen-bond acceptors (Lipinski definition) is 4. The van der Waals surface area contributed by atoms with Crippen LogP contribution < -0.4 is 11.3 Å². The van der Waals surface area contributed by atoms with E-state index in [1.165, 1.54) is 17.5 Å². The second kappa shape index (κ2) is 5.05. The van der Waals surface area contributed by atoms with Crippen LogP contribution in [0.4, 0.5) is 13.2 Å². The lowest BCUT2D eigenvalue weighted by Crippen LogP contribution is -2.30. The first kappa shape index (κ1) is 13.0. The Hall–Kier alpha value is -1.44. The van der Waals surface area contributed by atoms with Crippen molar-refractivity contribution in [3.05, 3.63) is 52.0 Å². The number of thiophene rings is 1. The Balaban J connectivity index is 2.50. The van der Waals surface area contributed by atoms with E-state index in [2.05, 4.69) is 10.4 Å². The Labute approximate surface area is 105 Å². The third kappa shape index (κ3) is 2.53. The zero-order valence-corrected chi connectivity index (χ0v) is 9.92. The second-order valence-corrected chi connectivity index (χ2v) is 4.56. The molecule has 2 heterocycles. The van der Waals surface area contributed by atoms with Gasteiger partial charge in [-0.1, -0.05) is 6.07 Å². The molecule has 0 aliphatic carbocycles. The largest absolute Gasteiger partial charge is 0.416 e. The number of pyridine rings is 1. The van der Waals surface area contributed by atoms with Crippen molar-refractivity contribution in [1.29, 1.82) is 0 Å². The first-order chi connectivity index (χ1) is 8.54. The molecule has 0 radical (unpaired) electrons. The molecule has 3 nitrogen and oxygen atoms in total. The minimum atomic E-state index is -4.43. The lowest BCUT2D eigenvalue weighted by atomic mass is 10.0. The molecule has 0 saturated heterocycles. The normalized spacial score (nSPS) is 13.6. The van der Waals surface area contributed by atoms with Crippen LogP contribution in [0.15, 0.2) is 36.0 Å². The third-order valence-electron chi connectivity index (χ3n) is 2.46. The summed E-state index contributed by atoms with van der Waals surface area (Å²) in [6.45, 7) is 0. The molecular formula is C11H10F3N3S. The highest BCUT2D eigenvalue weighted by Gasteiger charge is 2.35. The monoisotopic (exact) mass is 273 g/mol. The van der Waals surface area contributed by atoms with E-state index in [-0.39, 0.29) is 5.56 Å². The Morgan fingerprint density at radius 3 is 2.67 bits per heavy atom. The maximum atomic E-state index is 12.9. The number of alkyl halides is 3. The molecule has 1 unspecified atom stereocenters. The van der Waals surface area contributed by atoms with Gasteiger partial charge in [0.2, 0.25) is 0 Å². The van der Waals surface area contributed by atoms with Gasteiger partial charge in [0.25, 0.3) is 0 Å². The van der Waals surface area contributed by atoms with E-state index in [0.29, 0.717) is 4.88 Å². The minimum absolute atomic E-state index is 0.0231. The van der Waals surface area contributed by atoms with E-state index in [1.807, 2.05) is 0 Å². The van der Waals surface area contributed by atoms with Gasteiger partial charge in [0.05, 0.1) is 11.6 Å². The number of hydrogen-bond donors (Lipinski definition) is 2. The summed E-state index contributed by atoms with van der Waals surface area (Å²) < 4.78 is 38.7. The molecule has 96 valence electrons. The summed E-state index contributed by atoms with van der Waals surface area (Å²) in [6.07, 6.45) is -2.12. The number of nitrogens with zero attached hydrogens (tertiary/aromatic N) is 1. The van der Waals surface area contributed by atoms with Gasteiger partial charge in [0, 0.05) is 22.8 Å². The predicted molar refractivity (Wildman–Crippen MR) is 62.7 cm³/mol. The number of rotatable bonds is 3. The fraction of sp³-hybridized carbons (Fsp3) is 0.182. The van der Waals surface area contributed by atoms with Crippen LogP contribution in [0.3, 0.4) is 0 Å². The van der Waals surface area contributed by atoms with Gasteiger partial charge in [-0.05, 0) is 17.5 Å². The summed E-state index contributed by atoms with van der Waals surface area (Å²) >= 11 is 1.33. The van der Waals surface area contributed by atoms with Crippen molar-refractivity contribution in [3.8, 4) is 0 Å². The molecule has 0 saturated carbocycles. The van der Waals surface area contributed by atoms with Gasteiger partial charge in [0.15, 0.2) is 0 Å². The fourth-order valence-corrected chi connectivity index (χ4v) is 2.48.